The lowest BCUT2D eigenvalue weighted by atomic mass is 9.35. The number of hydrogen-bond donors (Lipinski definition) is 0. The van der Waals surface area contributed by atoms with E-state index in [2.05, 4.69) is 200 Å². The predicted octanol–water partition coefficient (Wildman–Crippen LogP) is 7.20. The van der Waals surface area contributed by atoms with E-state index in [1.54, 1.807) is 0 Å². The van der Waals surface area contributed by atoms with Gasteiger partial charge in [0.1, 0.15) is 23.0 Å². The van der Waals surface area contributed by atoms with E-state index >= 15 is 0 Å². The smallest absolute Gasteiger partial charge is 0.260 e. The number of aryl methyl sites for hydroxylation is 1. The van der Waals surface area contributed by atoms with Gasteiger partial charge < -0.3 is 14.0 Å². The third-order valence-electron chi connectivity index (χ3n) is 11.5. The van der Waals surface area contributed by atoms with Crippen LogP contribution in [-0.2, 0) is 0 Å². The fourth-order valence-corrected chi connectivity index (χ4v) is 14.0. The van der Waals surface area contributed by atoms with E-state index in [-0.39, 0.29) is 6.71 Å². The molecule has 0 spiro atoms. The molecule has 0 bridgehead atoms. The van der Waals surface area contributed by atoms with Crippen LogP contribution in [0.3, 0.4) is 0 Å². The van der Waals surface area contributed by atoms with Gasteiger partial charge in [-0.3, -0.25) is 0 Å². The molecular weight excluding hydrogens is 673 g/mol. The molecule has 8 aromatic carbocycles. The van der Waals surface area contributed by atoms with Crippen LogP contribution in [0, 0.1) is 6.92 Å². The summed E-state index contributed by atoms with van der Waals surface area (Å²) in [5, 5.41) is 7.86. The van der Waals surface area contributed by atoms with Crippen LogP contribution in [0.25, 0.3) is 27.5 Å². The van der Waals surface area contributed by atoms with Crippen LogP contribution < -0.4 is 46.6 Å². The van der Waals surface area contributed by atoms with Gasteiger partial charge in [-0.1, -0.05) is 152 Å². The van der Waals surface area contributed by atoms with Crippen molar-refractivity contribution in [1.82, 2.24) is 4.57 Å². The lowest BCUT2D eigenvalue weighted by molar-refractivity contribution is 0.464. The van der Waals surface area contributed by atoms with Crippen LogP contribution >= 0.6 is 0 Å². The lowest BCUT2D eigenvalue weighted by Crippen LogP contribution is -2.74. The number of para-hydroxylation sites is 2. The molecule has 1 aromatic heterocycles. The Kier molecular flexibility index (Phi) is 6.88. The molecule has 3 heterocycles. The molecule has 54 heavy (non-hydrogen) atoms. The number of hydrogen-bond acceptors (Lipinski definition) is 2. The van der Waals surface area contributed by atoms with E-state index in [0.717, 1.165) is 45.2 Å². The zero-order chi connectivity index (χ0) is 35.8. The Balaban J connectivity index is 1.17. The molecular formula is C49H34BNO2Si. The molecule has 2 aliphatic rings. The summed E-state index contributed by atoms with van der Waals surface area (Å²) in [6, 6.07) is 68.8. The third-order valence-corrected chi connectivity index (χ3v) is 16.3. The second kappa shape index (κ2) is 12.0. The molecule has 0 aliphatic carbocycles. The largest absolute Gasteiger partial charge is 0.458 e. The molecule has 0 amide bonds. The summed E-state index contributed by atoms with van der Waals surface area (Å²) in [6.07, 6.45) is 0. The average molecular weight is 708 g/mol. The maximum atomic E-state index is 6.81. The second-order valence-corrected chi connectivity index (χ2v) is 18.3. The Labute approximate surface area is 315 Å². The van der Waals surface area contributed by atoms with E-state index in [0.29, 0.717) is 0 Å². The van der Waals surface area contributed by atoms with Crippen molar-refractivity contribution in [2.45, 2.75) is 6.92 Å². The normalized spacial score (nSPS) is 12.8. The van der Waals surface area contributed by atoms with Gasteiger partial charge in [0.25, 0.3) is 6.71 Å². The van der Waals surface area contributed by atoms with Crippen LogP contribution in [0.4, 0.5) is 0 Å². The summed E-state index contributed by atoms with van der Waals surface area (Å²) in [5.41, 5.74) is 7.89. The summed E-state index contributed by atoms with van der Waals surface area (Å²) in [4.78, 5) is 0. The van der Waals surface area contributed by atoms with E-state index in [9.17, 15) is 0 Å². The van der Waals surface area contributed by atoms with Crippen molar-refractivity contribution in [2.24, 2.45) is 0 Å². The number of rotatable bonds is 5. The number of benzene rings is 8. The molecule has 0 saturated heterocycles. The Hall–Kier alpha value is -6.56. The minimum Gasteiger partial charge on any atom is -0.458 e. The first-order valence-corrected chi connectivity index (χ1v) is 20.6. The highest BCUT2D eigenvalue weighted by atomic mass is 28.3. The maximum Gasteiger partial charge on any atom is 0.260 e. The van der Waals surface area contributed by atoms with Gasteiger partial charge in [-0.05, 0) is 68.4 Å². The minimum absolute atomic E-state index is 0.0334. The molecule has 3 nitrogen and oxygen atoms in total. The Bertz CT molecular complexity index is 2810. The first kappa shape index (κ1) is 31.0. The standard InChI is InChI=1S/C49H34BNO2Si/c1-33-25-27-42-46(29-33)53-48-31-34(30-47-49(48)50(42)41-22-12-14-24-45(41)52-47)51-43-23-13-11-21-39(43)40-32-38(26-28-44(40)51)54(35-15-5-2-6-16-35,36-17-7-3-8-18-36)37-19-9-4-10-20-37/h2-32H,1H3. The SMILES string of the molecule is Cc1ccc2c(c1)Oc1cc(-n3c4ccccc4c4cc([Si](c5ccccc5)(c5ccccc5)c5ccccc5)ccc43)cc3c1B2c1ccccc1O3. The third kappa shape index (κ3) is 4.49. The summed E-state index contributed by atoms with van der Waals surface area (Å²) >= 11 is 0. The molecule has 254 valence electrons. The van der Waals surface area contributed by atoms with Crippen LogP contribution in [0.1, 0.15) is 5.56 Å². The van der Waals surface area contributed by atoms with Gasteiger partial charge in [-0.2, -0.15) is 0 Å². The first-order valence-electron chi connectivity index (χ1n) is 18.6. The van der Waals surface area contributed by atoms with Crippen LogP contribution in [0.15, 0.2) is 188 Å². The van der Waals surface area contributed by atoms with E-state index in [4.69, 9.17) is 9.47 Å². The van der Waals surface area contributed by atoms with Crippen LogP contribution in [0.5, 0.6) is 23.0 Å². The molecule has 11 rings (SSSR count). The Morgan fingerprint density at radius 3 is 1.67 bits per heavy atom. The van der Waals surface area contributed by atoms with Crippen molar-refractivity contribution < 1.29 is 9.47 Å². The van der Waals surface area contributed by atoms with Crippen LogP contribution in [0.2, 0.25) is 0 Å². The molecule has 0 atom stereocenters. The summed E-state index contributed by atoms with van der Waals surface area (Å²) < 4.78 is 15.9. The molecule has 0 unspecified atom stereocenters. The molecule has 0 N–H and O–H groups in total. The fourth-order valence-electron chi connectivity index (χ4n) is 9.21. The molecule has 9 aromatic rings. The summed E-state index contributed by atoms with van der Waals surface area (Å²) in [7, 11) is -2.73. The van der Waals surface area contributed by atoms with Crippen molar-refractivity contribution in [3.8, 4) is 28.7 Å². The second-order valence-electron chi connectivity index (χ2n) is 14.5. The summed E-state index contributed by atoms with van der Waals surface area (Å²) in [6.45, 7) is 2.15. The van der Waals surface area contributed by atoms with Gasteiger partial charge in [-0.15, -0.1) is 0 Å². The highest BCUT2D eigenvalue weighted by molar-refractivity contribution is 7.20. The highest BCUT2D eigenvalue weighted by Gasteiger charge is 2.42. The molecule has 5 heteroatoms. The van der Waals surface area contributed by atoms with Gasteiger partial charge in [-0.25, -0.2) is 0 Å². The molecule has 2 aliphatic heterocycles. The topological polar surface area (TPSA) is 23.4 Å². The molecule has 0 saturated carbocycles. The van der Waals surface area contributed by atoms with E-state index in [1.807, 2.05) is 0 Å². The van der Waals surface area contributed by atoms with E-state index in [1.165, 1.54) is 48.0 Å². The number of aromatic nitrogens is 1. The number of nitrogens with zero attached hydrogens (tertiary/aromatic N) is 1. The quantitative estimate of drug-likeness (QED) is 0.140. The van der Waals surface area contributed by atoms with Gasteiger partial charge >= 0.3 is 0 Å². The monoisotopic (exact) mass is 707 g/mol. The molecule has 0 radical (unpaired) electrons. The minimum atomic E-state index is -2.73. The number of fused-ring (bicyclic) bond motifs is 7. The number of ether oxygens (including phenoxy) is 2. The lowest BCUT2D eigenvalue weighted by Gasteiger charge is -2.34. The average Bonchev–Trinajstić information content (AvgIpc) is 3.56. The Morgan fingerprint density at radius 2 is 0.981 bits per heavy atom. The predicted molar refractivity (Wildman–Crippen MR) is 227 cm³/mol. The fraction of sp³-hybridized carbons (Fsp3) is 0.0204. The van der Waals surface area contributed by atoms with Crippen molar-refractivity contribution in [2.75, 3.05) is 0 Å². The van der Waals surface area contributed by atoms with Gasteiger partial charge in [0, 0.05) is 28.4 Å². The van der Waals surface area contributed by atoms with Gasteiger partial charge in [0.2, 0.25) is 0 Å². The van der Waals surface area contributed by atoms with Gasteiger partial charge in [0.15, 0.2) is 8.07 Å². The zero-order valence-corrected chi connectivity index (χ0v) is 30.7. The van der Waals surface area contributed by atoms with E-state index < -0.39 is 8.07 Å². The van der Waals surface area contributed by atoms with Crippen molar-refractivity contribution in [3.63, 3.8) is 0 Å². The van der Waals surface area contributed by atoms with Crippen molar-refractivity contribution in [3.05, 3.63) is 194 Å². The highest BCUT2D eigenvalue weighted by Crippen LogP contribution is 2.39. The van der Waals surface area contributed by atoms with Crippen molar-refractivity contribution >= 4 is 73.7 Å². The summed E-state index contributed by atoms with van der Waals surface area (Å²) in [5.74, 6) is 3.47. The first-order chi connectivity index (χ1) is 26.7. The van der Waals surface area contributed by atoms with Gasteiger partial charge in [0.05, 0.1) is 16.7 Å². The van der Waals surface area contributed by atoms with Crippen molar-refractivity contribution in [1.29, 1.82) is 0 Å². The Morgan fingerprint density at radius 1 is 0.426 bits per heavy atom. The zero-order valence-electron chi connectivity index (χ0n) is 29.7. The maximum absolute atomic E-state index is 6.81. The van der Waals surface area contributed by atoms with Crippen LogP contribution in [-0.4, -0.2) is 19.4 Å². The molecule has 0 fully saturated rings.